The summed E-state index contributed by atoms with van der Waals surface area (Å²) in [4.78, 5) is 35.0. The van der Waals surface area contributed by atoms with Crippen molar-refractivity contribution in [3.8, 4) is 0 Å². The third-order valence-electron chi connectivity index (χ3n) is 3.17. The number of carbonyl (C=O) groups excluding carboxylic acids is 2. The number of amides is 2. The van der Waals surface area contributed by atoms with Crippen LogP contribution in [0.5, 0.6) is 0 Å². The van der Waals surface area contributed by atoms with E-state index >= 15 is 0 Å². The van der Waals surface area contributed by atoms with E-state index < -0.39 is 11.9 Å². The first-order chi connectivity index (χ1) is 10.1. The van der Waals surface area contributed by atoms with Crippen molar-refractivity contribution in [2.45, 2.75) is 19.4 Å². The molecule has 0 unspecified atom stereocenters. The molecule has 0 atom stereocenters. The quantitative estimate of drug-likeness (QED) is 0.793. The molecule has 1 aromatic carbocycles. The largest absolute Gasteiger partial charge is 0.478 e. The Bertz CT molecular complexity index is 578. The number of hydrogen-bond acceptors (Lipinski definition) is 3. The van der Waals surface area contributed by atoms with Crippen molar-refractivity contribution in [3.05, 3.63) is 42.0 Å². The lowest BCUT2D eigenvalue weighted by atomic mass is 10.2. The number of anilines is 1. The molecule has 1 aliphatic heterocycles. The van der Waals surface area contributed by atoms with Gasteiger partial charge in [0.25, 0.3) is 0 Å². The lowest BCUT2D eigenvalue weighted by Crippen LogP contribution is -2.24. The number of nitrogens with zero attached hydrogens (tertiary/aromatic N) is 1. The highest BCUT2D eigenvalue weighted by atomic mass is 16.4. The highest BCUT2D eigenvalue weighted by Gasteiger charge is 2.21. The number of carboxylic acids is 1. The zero-order valence-electron chi connectivity index (χ0n) is 11.4. The van der Waals surface area contributed by atoms with E-state index in [2.05, 4.69) is 5.32 Å². The topological polar surface area (TPSA) is 86.7 Å². The van der Waals surface area contributed by atoms with Crippen LogP contribution in [0.15, 0.2) is 36.4 Å². The van der Waals surface area contributed by atoms with E-state index in [0.29, 0.717) is 13.0 Å². The average molecular weight is 288 g/mol. The number of aliphatic carboxylic acids is 1. The van der Waals surface area contributed by atoms with Crippen molar-refractivity contribution in [2.24, 2.45) is 0 Å². The molecule has 110 valence electrons. The summed E-state index contributed by atoms with van der Waals surface area (Å²) in [5.41, 5.74) is 1.74. The normalized spacial score (nSPS) is 14.7. The molecule has 0 aliphatic carbocycles. The molecule has 1 heterocycles. The van der Waals surface area contributed by atoms with Crippen LogP contribution >= 0.6 is 0 Å². The van der Waals surface area contributed by atoms with Crippen LogP contribution in [0.2, 0.25) is 0 Å². The van der Waals surface area contributed by atoms with Gasteiger partial charge >= 0.3 is 5.97 Å². The second kappa shape index (κ2) is 6.69. The Morgan fingerprint density at radius 3 is 2.52 bits per heavy atom. The summed E-state index contributed by atoms with van der Waals surface area (Å²) < 4.78 is 0. The number of rotatable bonds is 5. The minimum atomic E-state index is -1.16. The summed E-state index contributed by atoms with van der Waals surface area (Å²) in [7, 11) is 0. The molecule has 1 aliphatic rings. The molecular weight excluding hydrogens is 272 g/mol. The highest BCUT2D eigenvalue weighted by molar-refractivity contribution is 5.95. The first kappa shape index (κ1) is 14.8. The van der Waals surface area contributed by atoms with Gasteiger partial charge in [0.15, 0.2) is 0 Å². The Morgan fingerprint density at radius 2 is 1.95 bits per heavy atom. The van der Waals surface area contributed by atoms with Crippen molar-refractivity contribution < 1.29 is 19.5 Å². The van der Waals surface area contributed by atoms with Gasteiger partial charge in [-0.3, -0.25) is 9.59 Å². The van der Waals surface area contributed by atoms with Crippen molar-refractivity contribution in [3.63, 3.8) is 0 Å². The minimum absolute atomic E-state index is 0.134. The maximum absolute atomic E-state index is 11.6. The van der Waals surface area contributed by atoms with Crippen LogP contribution in [0, 0.1) is 0 Å². The van der Waals surface area contributed by atoms with Crippen LogP contribution < -0.4 is 10.2 Å². The molecule has 2 amide bonds. The van der Waals surface area contributed by atoms with Gasteiger partial charge in [0.2, 0.25) is 11.8 Å². The monoisotopic (exact) mass is 288 g/mol. The summed E-state index contributed by atoms with van der Waals surface area (Å²) >= 11 is 0. The van der Waals surface area contributed by atoms with E-state index in [1.165, 1.54) is 0 Å². The van der Waals surface area contributed by atoms with E-state index in [1.54, 1.807) is 4.90 Å². The summed E-state index contributed by atoms with van der Waals surface area (Å²) in [5.74, 6) is -1.49. The fourth-order valence-electron chi connectivity index (χ4n) is 2.11. The predicted octanol–water partition coefficient (Wildman–Crippen LogP) is 1.07. The zero-order chi connectivity index (χ0) is 15.2. The molecule has 6 heteroatoms. The number of hydrogen-bond donors (Lipinski definition) is 2. The number of benzene rings is 1. The Hall–Kier alpha value is -2.63. The lowest BCUT2D eigenvalue weighted by Gasteiger charge is -2.15. The molecule has 0 aromatic heterocycles. The SMILES string of the molecule is O=C(O)/C=C/C(=O)NCc1ccc(N2CCCC2=O)cc1. The number of carboxylic acid groups (broad SMARTS) is 1. The van der Waals surface area contributed by atoms with Crippen LogP contribution in [0.25, 0.3) is 0 Å². The molecule has 21 heavy (non-hydrogen) atoms. The van der Waals surface area contributed by atoms with Gasteiger partial charge in [-0.1, -0.05) is 12.1 Å². The Kier molecular flexibility index (Phi) is 4.71. The van der Waals surface area contributed by atoms with Gasteiger partial charge in [-0.15, -0.1) is 0 Å². The van der Waals surface area contributed by atoms with E-state index in [0.717, 1.165) is 36.4 Å². The molecule has 0 radical (unpaired) electrons. The molecule has 0 bridgehead atoms. The van der Waals surface area contributed by atoms with Crippen molar-refractivity contribution in [1.82, 2.24) is 5.32 Å². The average Bonchev–Trinajstić information content (AvgIpc) is 2.89. The standard InChI is InChI=1S/C15H16N2O4/c18-13(7-8-15(20)21)16-10-11-3-5-12(6-4-11)17-9-1-2-14(17)19/h3-8H,1-2,9-10H2,(H,16,18)(H,20,21)/b8-7+. The summed E-state index contributed by atoms with van der Waals surface area (Å²) in [5, 5.41) is 11.0. The second-order valence-corrected chi connectivity index (χ2v) is 4.70. The van der Waals surface area contributed by atoms with Crippen LogP contribution in [0.3, 0.4) is 0 Å². The van der Waals surface area contributed by atoms with Gasteiger partial charge < -0.3 is 15.3 Å². The third-order valence-corrected chi connectivity index (χ3v) is 3.17. The molecule has 0 spiro atoms. The second-order valence-electron chi connectivity index (χ2n) is 4.70. The van der Waals surface area contributed by atoms with Gasteiger partial charge in [-0.25, -0.2) is 4.79 Å². The van der Waals surface area contributed by atoms with E-state index in [1.807, 2.05) is 24.3 Å². The maximum atomic E-state index is 11.6. The molecule has 1 fully saturated rings. The highest BCUT2D eigenvalue weighted by Crippen LogP contribution is 2.21. The van der Waals surface area contributed by atoms with Gasteiger partial charge in [-0.05, 0) is 24.1 Å². The molecule has 1 aromatic rings. The molecule has 2 N–H and O–H groups in total. The first-order valence-electron chi connectivity index (χ1n) is 6.64. The Labute approximate surface area is 122 Å². The number of nitrogens with one attached hydrogen (secondary N) is 1. The third kappa shape index (κ3) is 4.17. The lowest BCUT2D eigenvalue weighted by molar-refractivity contribution is -0.131. The van der Waals surface area contributed by atoms with Crippen LogP contribution in [-0.4, -0.2) is 29.4 Å². The minimum Gasteiger partial charge on any atom is -0.478 e. The smallest absolute Gasteiger partial charge is 0.328 e. The van der Waals surface area contributed by atoms with Gasteiger partial charge in [0.05, 0.1) is 0 Å². The maximum Gasteiger partial charge on any atom is 0.328 e. The molecule has 1 saturated heterocycles. The van der Waals surface area contributed by atoms with Crippen molar-refractivity contribution in [2.75, 3.05) is 11.4 Å². The van der Waals surface area contributed by atoms with Crippen LogP contribution in [0.4, 0.5) is 5.69 Å². The van der Waals surface area contributed by atoms with Gasteiger partial charge in [0, 0.05) is 37.3 Å². The van der Waals surface area contributed by atoms with Crippen molar-refractivity contribution >= 4 is 23.5 Å². The van der Waals surface area contributed by atoms with Crippen molar-refractivity contribution in [1.29, 1.82) is 0 Å². The van der Waals surface area contributed by atoms with Crippen LogP contribution in [0.1, 0.15) is 18.4 Å². The zero-order valence-corrected chi connectivity index (χ0v) is 11.4. The molecule has 6 nitrogen and oxygen atoms in total. The first-order valence-corrected chi connectivity index (χ1v) is 6.64. The van der Waals surface area contributed by atoms with Gasteiger partial charge in [-0.2, -0.15) is 0 Å². The Balaban J connectivity index is 1.89. The van der Waals surface area contributed by atoms with E-state index in [4.69, 9.17) is 5.11 Å². The number of carbonyl (C=O) groups is 3. The molecule has 0 saturated carbocycles. The molecule has 2 rings (SSSR count). The fraction of sp³-hybridized carbons (Fsp3) is 0.267. The summed E-state index contributed by atoms with van der Waals surface area (Å²) in [6.45, 7) is 1.05. The molecular formula is C15H16N2O4. The van der Waals surface area contributed by atoms with Crippen LogP contribution in [-0.2, 0) is 20.9 Å². The summed E-state index contributed by atoms with van der Waals surface area (Å²) in [6.07, 6.45) is 3.23. The van der Waals surface area contributed by atoms with E-state index in [-0.39, 0.29) is 5.91 Å². The van der Waals surface area contributed by atoms with Gasteiger partial charge in [0.1, 0.15) is 0 Å². The Morgan fingerprint density at radius 1 is 1.24 bits per heavy atom. The fourth-order valence-corrected chi connectivity index (χ4v) is 2.11. The van der Waals surface area contributed by atoms with E-state index in [9.17, 15) is 14.4 Å². The summed E-state index contributed by atoms with van der Waals surface area (Å²) in [6, 6.07) is 7.36. The predicted molar refractivity (Wildman–Crippen MR) is 76.7 cm³/mol.